The first-order valence-electron chi connectivity index (χ1n) is 5.09. The summed E-state index contributed by atoms with van der Waals surface area (Å²) < 4.78 is 0. The molecule has 0 unspecified atom stereocenters. The van der Waals surface area contributed by atoms with Gasteiger partial charge in [0.25, 0.3) is 0 Å². The summed E-state index contributed by atoms with van der Waals surface area (Å²) in [4.78, 5) is 14.9. The minimum Gasteiger partial charge on any atom is -0.481 e. The molecular weight excluding hydrogens is 182 g/mol. The largest absolute Gasteiger partial charge is 0.481 e. The number of nitrogens with two attached hydrogens (primary N) is 1. The highest BCUT2D eigenvalue weighted by Gasteiger charge is 2.16. The summed E-state index contributed by atoms with van der Waals surface area (Å²) in [5.41, 5.74) is 5.46. The lowest BCUT2D eigenvalue weighted by Crippen LogP contribution is -2.48. The molecule has 1 aliphatic heterocycles. The molecule has 1 saturated heterocycles. The molecule has 1 rings (SSSR count). The summed E-state index contributed by atoms with van der Waals surface area (Å²) in [5.74, 6) is -0.714. The first kappa shape index (κ1) is 11.4. The molecule has 1 fully saturated rings. The number of aliphatic carboxylic acids is 1. The van der Waals surface area contributed by atoms with Crippen LogP contribution >= 0.6 is 0 Å². The smallest absolute Gasteiger partial charge is 0.304 e. The normalized spacial score (nSPS) is 19.8. The van der Waals surface area contributed by atoms with Crippen LogP contribution in [0.25, 0.3) is 0 Å². The molecule has 5 heteroatoms. The number of nitrogens with zero attached hydrogens (tertiary/aromatic N) is 2. The second-order valence-corrected chi connectivity index (χ2v) is 3.62. The molecule has 5 nitrogen and oxygen atoms in total. The molecule has 0 amide bonds. The highest BCUT2D eigenvalue weighted by atomic mass is 16.4. The van der Waals surface area contributed by atoms with Crippen LogP contribution in [-0.2, 0) is 4.79 Å². The van der Waals surface area contributed by atoms with Crippen LogP contribution in [0.15, 0.2) is 0 Å². The summed E-state index contributed by atoms with van der Waals surface area (Å²) in [6.45, 7) is 6.28. The molecule has 82 valence electrons. The van der Waals surface area contributed by atoms with Gasteiger partial charge in [-0.3, -0.25) is 9.69 Å². The molecule has 0 aromatic rings. The number of carbonyl (C=O) groups is 1. The van der Waals surface area contributed by atoms with Crippen LogP contribution < -0.4 is 5.73 Å². The van der Waals surface area contributed by atoms with Crippen LogP contribution in [0.1, 0.15) is 6.42 Å². The number of rotatable bonds is 5. The number of hydrogen-bond acceptors (Lipinski definition) is 4. The van der Waals surface area contributed by atoms with Crippen molar-refractivity contribution in [1.29, 1.82) is 0 Å². The van der Waals surface area contributed by atoms with Crippen LogP contribution in [0.2, 0.25) is 0 Å². The Hall–Kier alpha value is -0.650. The second-order valence-electron chi connectivity index (χ2n) is 3.62. The van der Waals surface area contributed by atoms with E-state index >= 15 is 0 Å². The summed E-state index contributed by atoms with van der Waals surface area (Å²) in [5, 5.41) is 8.53. The Morgan fingerprint density at radius 1 is 1.14 bits per heavy atom. The quantitative estimate of drug-likeness (QED) is 0.599. The van der Waals surface area contributed by atoms with E-state index in [1.807, 2.05) is 0 Å². The van der Waals surface area contributed by atoms with Gasteiger partial charge in [0.15, 0.2) is 0 Å². The van der Waals surface area contributed by atoms with Crippen LogP contribution in [0, 0.1) is 0 Å². The monoisotopic (exact) mass is 201 g/mol. The molecule has 0 saturated carbocycles. The van der Waals surface area contributed by atoms with Crippen LogP contribution in [0.3, 0.4) is 0 Å². The Balaban J connectivity index is 2.12. The van der Waals surface area contributed by atoms with Gasteiger partial charge in [-0.15, -0.1) is 0 Å². The fourth-order valence-electron chi connectivity index (χ4n) is 1.67. The molecular formula is C9H19N3O2. The maximum atomic E-state index is 10.4. The Bertz CT molecular complexity index is 179. The van der Waals surface area contributed by atoms with Gasteiger partial charge in [0.2, 0.25) is 0 Å². The molecule has 0 bridgehead atoms. The lowest BCUT2D eigenvalue weighted by molar-refractivity contribution is -0.137. The molecule has 14 heavy (non-hydrogen) atoms. The molecule has 1 heterocycles. The topological polar surface area (TPSA) is 69.8 Å². The van der Waals surface area contributed by atoms with E-state index in [-0.39, 0.29) is 6.42 Å². The van der Waals surface area contributed by atoms with E-state index in [2.05, 4.69) is 9.80 Å². The predicted octanol–water partition coefficient (Wildman–Crippen LogP) is -0.963. The fourth-order valence-corrected chi connectivity index (χ4v) is 1.67. The lowest BCUT2D eigenvalue weighted by atomic mass is 10.3. The maximum absolute atomic E-state index is 10.4. The van der Waals surface area contributed by atoms with Crippen molar-refractivity contribution >= 4 is 5.97 Å². The minimum atomic E-state index is -0.714. The van der Waals surface area contributed by atoms with Crippen molar-refractivity contribution in [2.45, 2.75) is 6.42 Å². The molecule has 0 aromatic carbocycles. The van der Waals surface area contributed by atoms with Crippen LogP contribution in [0.4, 0.5) is 0 Å². The highest BCUT2D eigenvalue weighted by Crippen LogP contribution is 2.01. The Morgan fingerprint density at radius 3 is 2.07 bits per heavy atom. The summed E-state index contributed by atoms with van der Waals surface area (Å²) in [6, 6.07) is 0. The molecule has 1 aliphatic rings. The Labute approximate surface area is 84.5 Å². The molecule has 0 spiro atoms. The van der Waals surface area contributed by atoms with Gasteiger partial charge >= 0.3 is 5.97 Å². The van der Waals surface area contributed by atoms with Gasteiger partial charge < -0.3 is 15.7 Å². The highest BCUT2D eigenvalue weighted by molar-refractivity contribution is 5.66. The van der Waals surface area contributed by atoms with E-state index < -0.39 is 5.97 Å². The van der Waals surface area contributed by atoms with Crippen LogP contribution in [0.5, 0.6) is 0 Å². The van der Waals surface area contributed by atoms with Gasteiger partial charge in [0.05, 0.1) is 6.42 Å². The first-order valence-corrected chi connectivity index (χ1v) is 5.09. The van der Waals surface area contributed by atoms with E-state index in [1.165, 1.54) is 0 Å². The third kappa shape index (κ3) is 4.04. The van der Waals surface area contributed by atoms with Crippen molar-refractivity contribution in [2.24, 2.45) is 5.73 Å². The van der Waals surface area contributed by atoms with Gasteiger partial charge in [-0.1, -0.05) is 0 Å². The van der Waals surface area contributed by atoms with E-state index in [9.17, 15) is 4.79 Å². The van der Waals surface area contributed by atoms with Crippen LogP contribution in [-0.4, -0.2) is 66.7 Å². The zero-order valence-corrected chi connectivity index (χ0v) is 8.48. The van der Waals surface area contributed by atoms with E-state index in [1.54, 1.807) is 0 Å². The summed E-state index contributed by atoms with van der Waals surface area (Å²) >= 11 is 0. The zero-order chi connectivity index (χ0) is 10.4. The molecule has 0 aliphatic carbocycles. The number of carboxylic acid groups (broad SMARTS) is 1. The fraction of sp³-hybridized carbons (Fsp3) is 0.889. The average Bonchev–Trinajstić information content (AvgIpc) is 2.17. The van der Waals surface area contributed by atoms with Crippen molar-refractivity contribution in [3.63, 3.8) is 0 Å². The summed E-state index contributed by atoms with van der Waals surface area (Å²) in [6.07, 6.45) is 0.247. The van der Waals surface area contributed by atoms with E-state index in [0.717, 1.165) is 32.7 Å². The van der Waals surface area contributed by atoms with Crippen molar-refractivity contribution < 1.29 is 9.90 Å². The molecule has 0 radical (unpaired) electrons. The third-order valence-electron chi connectivity index (χ3n) is 2.55. The number of hydrogen-bond donors (Lipinski definition) is 2. The standard InChI is InChI=1S/C9H19N3O2/c10-2-4-12-7-5-11(6-8-12)3-1-9(13)14/h1-8,10H2,(H,13,14). The van der Waals surface area contributed by atoms with Gasteiger partial charge in [-0.2, -0.15) is 0 Å². The Morgan fingerprint density at radius 2 is 1.64 bits per heavy atom. The predicted molar refractivity (Wildman–Crippen MR) is 54.2 cm³/mol. The lowest BCUT2D eigenvalue weighted by Gasteiger charge is -2.34. The van der Waals surface area contributed by atoms with E-state index in [0.29, 0.717) is 13.1 Å². The zero-order valence-electron chi connectivity index (χ0n) is 8.48. The van der Waals surface area contributed by atoms with Gasteiger partial charge in [-0.25, -0.2) is 0 Å². The second kappa shape index (κ2) is 5.95. The average molecular weight is 201 g/mol. The maximum Gasteiger partial charge on any atom is 0.304 e. The summed E-state index contributed by atoms with van der Waals surface area (Å²) in [7, 11) is 0. The molecule has 0 aromatic heterocycles. The van der Waals surface area contributed by atoms with Gasteiger partial charge in [0, 0.05) is 45.8 Å². The third-order valence-corrected chi connectivity index (χ3v) is 2.55. The van der Waals surface area contributed by atoms with Crippen molar-refractivity contribution in [3.05, 3.63) is 0 Å². The van der Waals surface area contributed by atoms with Crippen molar-refractivity contribution in [2.75, 3.05) is 45.8 Å². The molecule has 0 atom stereocenters. The van der Waals surface area contributed by atoms with Crippen molar-refractivity contribution in [1.82, 2.24) is 9.80 Å². The van der Waals surface area contributed by atoms with Crippen molar-refractivity contribution in [3.8, 4) is 0 Å². The first-order chi connectivity index (χ1) is 6.72. The van der Waals surface area contributed by atoms with Gasteiger partial charge in [0.1, 0.15) is 0 Å². The SMILES string of the molecule is NCCN1CCN(CCC(=O)O)CC1. The van der Waals surface area contributed by atoms with Gasteiger partial charge in [-0.05, 0) is 0 Å². The Kier molecular flexibility index (Phi) is 4.86. The van der Waals surface area contributed by atoms with E-state index in [4.69, 9.17) is 10.8 Å². The molecule has 3 N–H and O–H groups in total. The number of carboxylic acids is 1. The number of piperazine rings is 1. The minimum absolute atomic E-state index is 0.247.